The van der Waals surface area contributed by atoms with Crippen LogP contribution in [0.25, 0.3) is 0 Å². The second-order valence-corrected chi connectivity index (χ2v) is 5.17. The summed E-state index contributed by atoms with van der Waals surface area (Å²) in [5.74, 6) is 0.0678. The minimum Gasteiger partial charge on any atom is -0.395 e. The number of nitrogens with two attached hydrogens (primary N) is 1. The highest BCUT2D eigenvalue weighted by Crippen LogP contribution is 2.23. The fourth-order valence-corrected chi connectivity index (χ4v) is 2.31. The minimum absolute atomic E-state index is 0.0109. The van der Waals surface area contributed by atoms with Gasteiger partial charge in [0.05, 0.1) is 13.0 Å². The lowest BCUT2D eigenvalue weighted by molar-refractivity contribution is -0.115. The molecule has 104 valence electrons. The van der Waals surface area contributed by atoms with Crippen molar-refractivity contribution < 1.29 is 9.90 Å². The smallest absolute Gasteiger partial charge is 0.228 e. The van der Waals surface area contributed by atoms with E-state index in [1.807, 2.05) is 19.2 Å². The number of carbonyl (C=O) groups is 1. The van der Waals surface area contributed by atoms with Crippen molar-refractivity contribution in [3.63, 3.8) is 0 Å². The monoisotopic (exact) mass is 263 g/mol. The number of nitrogens with one attached hydrogen (secondary N) is 1. The molecule has 0 saturated heterocycles. The van der Waals surface area contributed by atoms with Crippen molar-refractivity contribution in [1.29, 1.82) is 0 Å². The van der Waals surface area contributed by atoms with E-state index in [9.17, 15) is 4.79 Å². The summed E-state index contributed by atoms with van der Waals surface area (Å²) >= 11 is 0. The van der Waals surface area contributed by atoms with Crippen LogP contribution in [0.2, 0.25) is 0 Å². The van der Waals surface area contributed by atoms with E-state index >= 15 is 0 Å². The molecule has 1 aliphatic rings. The van der Waals surface area contributed by atoms with Crippen LogP contribution in [0.4, 0.5) is 5.69 Å². The van der Waals surface area contributed by atoms with E-state index in [0.717, 1.165) is 24.2 Å². The van der Waals surface area contributed by atoms with Gasteiger partial charge in [0.2, 0.25) is 5.91 Å². The summed E-state index contributed by atoms with van der Waals surface area (Å²) in [6.07, 6.45) is 1.39. The largest absolute Gasteiger partial charge is 0.395 e. The molecule has 1 unspecified atom stereocenters. The van der Waals surface area contributed by atoms with Gasteiger partial charge in [-0.3, -0.25) is 4.79 Å². The molecule has 0 aliphatic carbocycles. The van der Waals surface area contributed by atoms with Crippen LogP contribution in [0, 0.1) is 0 Å². The molecule has 0 fully saturated rings. The SMILES string of the molecule is CN(CCc1ccc2c(c1)CC(=O)N2)CC(N)CO. The Morgan fingerprint density at radius 3 is 3.05 bits per heavy atom. The zero-order valence-corrected chi connectivity index (χ0v) is 11.2. The van der Waals surface area contributed by atoms with Gasteiger partial charge in [0.15, 0.2) is 0 Å². The maximum absolute atomic E-state index is 11.3. The summed E-state index contributed by atoms with van der Waals surface area (Å²) in [4.78, 5) is 13.4. The Hall–Kier alpha value is -1.43. The van der Waals surface area contributed by atoms with Gasteiger partial charge in [-0.05, 0) is 30.7 Å². The average Bonchev–Trinajstić information content (AvgIpc) is 2.75. The number of likely N-dealkylation sites (N-methyl/N-ethyl adjacent to an activating group) is 1. The summed E-state index contributed by atoms with van der Waals surface area (Å²) in [5.41, 5.74) is 8.93. The number of aliphatic hydroxyl groups excluding tert-OH is 1. The molecular weight excluding hydrogens is 242 g/mol. The van der Waals surface area contributed by atoms with Gasteiger partial charge in [0.25, 0.3) is 0 Å². The molecule has 19 heavy (non-hydrogen) atoms. The van der Waals surface area contributed by atoms with E-state index < -0.39 is 0 Å². The Bertz CT molecular complexity index is 462. The van der Waals surface area contributed by atoms with E-state index in [0.29, 0.717) is 13.0 Å². The molecule has 1 aromatic carbocycles. The molecular formula is C14H21N3O2. The Labute approximate surface area is 113 Å². The van der Waals surface area contributed by atoms with Gasteiger partial charge in [-0.2, -0.15) is 0 Å². The van der Waals surface area contributed by atoms with Gasteiger partial charge in [-0.1, -0.05) is 12.1 Å². The number of fused-ring (bicyclic) bond motifs is 1. The van der Waals surface area contributed by atoms with E-state index in [1.165, 1.54) is 5.56 Å². The van der Waals surface area contributed by atoms with Crippen molar-refractivity contribution >= 4 is 11.6 Å². The first-order valence-corrected chi connectivity index (χ1v) is 6.55. The van der Waals surface area contributed by atoms with Crippen molar-refractivity contribution in [1.82, 2.24) is 4.90 Å². The predicted molar refractivity (Wildman–Crippen MR) is 75.0 cm³/mol. The van der Waals surface area contributed by atoms with Crippen LogP contribution >= 0.6 is 0 Å². The maximum atomic E-state index is 11.3. The number of anilines is 1. The first kappa shape index (κ1) is 14.0. The Morgan fingerprint density at radius 1 is 1.53 bits per heavy atom. The lowest BCUT2D eigenvalue weighted by Gasteiger charge is -2.19. The predicted octanol–water partition coefficient (Wildman–Crippen LogP) is -0.0249. The number of amides is 1. The summed E-state index contributed by atoms with van der Waals surface area (Å²) in [6, 6.07) is 5.92. The number of nitrogens with zero attached hydrogens (tertiary/aromatic N) is 1. The first-order valence-electron chi connectivity index (χ1n) is 6.55. The molecule has 0 radical (unpaired) electrons. The normalized spacial score (nSPS) is 15.5. The molecule has 0 bridgehead atoms. The third-order valence-electron chi connectivity index (χ3n) is 3.36. The molecule has 1 amide bonds. The topological polar surface area (TPSA) is 78.6 Å². The highest BCUT2D eigenvalue weighted by molar-refractivity contribution is 5.99. The molecule has 4 N–H and O–H groups in total. The molecule has 2 rings (SSSR count). The fourth-order valence-electron chi connectivity index (χ4n) is 2.31. The molecule has 1 heterocycles. The summed E-state index contributed by atoms with van der Waals surface area (Å²) in [6.45, 7) is 1.58. The van der Waals surface area contributed by atoms with Gasteiger partial charge in [-0.15, -0.1) is 0 Å². The number of hydrogen-bond acceptors (Lipinski definition) is 4. The molecule has 5 heteroatoms. The zero-order valence-electron chi connectivity index (χ0n) is 11.2. The van der Waals surface area contributed by atoms with Gasteiger partial charge in [0, 0.05) is 24.8 Å². The maximum Gasteiger partial charge on any atom is 0.228 e. The van der Waals surface area contributed by atoms with Crippen LogP contribution in [-0.4, -0.2) is 48.7 Å². The molecule has 0 saturated carbocycles. The molecule has 1 aliphatic heterocycles. The zero-order chi connectivity index (χ0) is 13.8. The van der Waals surface area contributed by atoms with Gasteiger partial charge >= 0.3 is 0 Å². The molecule has 5 nitrogen and oxygen atoms in total. The molecule has 1 aromatic rings. The highest BCUT2D eigenvalue weighted by atomic mass is 16.3. The third kappa shape index (κ3) is 3.76. The van der Waals surface area contributed by atoms with Crippen LogP contribution in [0.1, 0.15) is 11.1 Å². The Morgan fingerprint density at radius 2 is 2.32 bits per heavy atom. The van der Waals surface area contributed by atoms with Gasteiger partial charge in [-0.25, -0.2) is 0 Å². The second-order valence-electron chi connectivity index (χ2n) is 5.17. The van der Waals surface area contributed by atoms with Crippen LogP contribution in [0.5, 0.6) is 0 Å². The van der Waals surface area contributed by atoms with E-state index in [1.54, 1.807) is 0 Å². The van der Waals surface area contributed by atoms with Crippen molar-refractivity contribution in [2.24, 2.45) is 5.73 Å². The number of benzene rings is 1. The minimum atomic E-state index is -0.188. The van der Waals surface area contributed by atoms with E-state index in [2.05, 4.69) is 16.3 Å². The molecule has 0 spiro atoms. The van der Waals surface area contributed by atoms with Crippen LogP contribution in [0.3, 0.4) is 0 Å². The van der Waals surface area contributed by atoms with Crippen molar-refractivity contribution in [2.75, 3.05) is 32.1 Å². The average molecular weight is 263 g/mol. The second kappa shape index (κ2) is 6.14. The number of aliphatic hydroxyl groups is 1. The quantitative estimate of drug-likeness (QED) is 0.674. The van der Waals surface area contributed by atoms with Crippen molar-refractivity contribution in [3.8, 4) is 0 Å². The first-order chi connectivity index (χ1) is 9.08. The number of hydrogen-bond donors (Lipinski definition) is 3. The number of carbonyl (C=O) groups excluding carboxylic acids is 1. The van der Waals surface area contributed by atoms with Gasteiger partial charge < -0.3 is 21.1 Å². The highest BCUT2D eigenvalue weighted by Gasteiger charge is 2.17. The van der Waals surface area contributed by atoms with Gasteiger partial charge in [0.1, 0.15) is 0 Å². The standard InChI is InChI=1S/C14H21N3O2/c1-17(8-12(15)9-18)5-4-10-2-3-13-11(6-10)7-14(19)16-13/h2-3,6,12,18H,4-5,7-9,15H2,1H3,(H,16,19). The summed E-state index contributed by atoms with van der Waals surface area (Å²) < 4.78 is 0. The Balaban J connectivity index is 1.87. The van der Waals surface area contributed by atoms with Crippen LogP contribution in [-0.2, 0) is 17.6 Å². The van der Waals surface area contributed by atoms with Crippen LogP contribution in [0.15, 0.2) is 18.2 Å². The summed E-state index contributed by atoms with van der Waals surface area (Å²) in [7, 11) is 1.99. The molecule has 0 aromatic heterocycles. The van der Waals surface area contributed by atoms with Crippen LogP contribution < -0.4 is 11.1 Å². The number of rotatable bonds is 6. The third-order valence-corrected chi connectivity index (χ3v) is 3.36. The van der Waals surface area contributed by atoms with Crippen molar-refractivity contribution in [3.05, 3.63) is 29.3 Å². The lowest BCUT2D eigenvalue weighted by atomic mass is 10.1. The van der Waals surface area contributed by atoms with Crippen molar-refractivity contribution in [2.45, 2.75) is 18.9 Å². The molecule has 1 atom stereocenters. The van der Waals surface area contributed by atoms with E-state index in [4.69, 9.17) is 10.8 Å². The lowest BCUT2D eigenvalue weighted by Crippen LogP contribution is -2.38. The van der Waals surface area contributed by atoms with E-state index in [-0.39, 0.29) is 18.6 Å². The Kier molecular flexibility index (Phi) is 4.52. The summed E-state index contributed by atoms with van der Waals surface area (Å²) in [5, 5.41) is 11.7. The fraction of sp³-hybridized carbons (Fsp3) is 0.500.